The van der Waals surface area contributed by atoms with Gasteiger partial charge in [0.1, 0.15) is 16.6 Å². The molecule has 0 unspecified atom stereocenters. The van der Waals surface area contributed by atoms with Gasteiger partial charge in [-0.25, -0.2) is 17.9 Å². The number of hydrogen-bond donors (Lipinski definition) is 2. The number of alkyl halides is 1. The summed E-state index contributed by atoms with van der Waals surface area (Å²) < 4.78 is 31.5. The van der Waals surface area contributed by atoms with E-state index in [2.05, 4.69) is 0 Å². The van der Waals surface area contributed by atoms with Gasteiger partial charge in [0.15, 0.2) is 0 Å². The molecule has 0 aliphatic heterocycles. The number of benzene rings is 1. The first kappa shape index (κ1) is 17.1. The van der Waals surface area contributed by atoms with Crippen molar-refractivity contribution in [2.45, 2.75) is 11.1 Å². The third-order valence-electron chi connectivity index (χ3n) is 2.75. The molecule has 1 aromatic heterocycles. The van der Waals surface area contributed by atoms with Gasteiger partial charge in [0.25, 0.3) is 10.0 Å². The van der Waals surface area contributed by atoms with E-state index in [0.717, 1.165) is 11.3 Å². The van der Waals surface area contributed by atoms with Crippen molar-refractivity contribution < 1.29 is 23.1 Å². The highest BCUT2D eigenvalue weighted by atomic mass is 35.5. The lowest BCUT2D eigenvalue weighted by Crippen LogP contribution is -2.28. The average molecular weight is 384 g/mol. The summed E-state index contributed by atoms with van der Waals surface area (Å²) in [6.45, 7) is 1.83. The first-order valence-corrected chi connectivity index (χ1v) is 9.15. The Labute approximate surface area is 140 Å². The fourth-order valence-electron chi connectivity index (χ4n) is 1.93. The van der Waals surface area contributed by atoms with Crippen LogP contribution in [0.4, 0.5) is 4.79 Å². The van der Waals surface area contributed by atoms with E-state index < -0.39 is 16.1 Å². The molecule has 1 heterocycles. The Morgan fingerprint density at radius 1 is 1.45 bits per heavy atom. The van der Waals surface area contributed by atoms with Crippen LogP contribution in [-0.4, -0.2) is 32.1 Å². The van der Waals surface area contributed by atoms with Crippen LogP contribution in [0.25, 0.3) is 10.1 Å². The number of nitrogens with one attached hydrogen (secondary N) is 1. The molecule has 0 aliphatic rings. The zero-order valence-electron chi connectivity index (χ0n) is 11.2. The third kappa shape index (κ3) is 3.24. The monoisotopic (exact) mass is 383 g/mol. The number of carbonyl (C=O) groups is 1. The largest absolute Gasteiger partial charge is 0.491 e. The molecule has 0 spiro atoms. The number of aryl methyl sites for hydroxylation is 1. The number of ether oxygens (including phenoxy) is 1. The molecule has 0 saturated heterocycles. The van der Waals surface area contributed by atoms with E-state index in [1.807, 2.05) is 0 Å². The quantitative estimate of drug-likeness (QED) is 0.771. The van der Waals surface area contributed by atoms with Crippen LogP contribution < -0.4 is 9.46 Å². The summed E-state index contributed by atoms with van der Waals surface area (Å²) in [6.07, 6.45) is -1.64. The predicted molar refractivity (Wildman–Crippen MR) is 86.1 cm³/mol. The van der Waals surface area contributed by atoms with Crippen molar-refractivity contribution in [1.29, 1.82) is 0 Å². The molecule has 0 radical (unpaired) electrons. The number of halogens is 2. The SMILES string of the molecule is Cc1c(S(=O)(=O)NC(=O)O)sc2ccc(OCCCl)c(Cl)c12. The number of thiophene rings is 1. The summed E-state index contributed by atoms with van der Waals surface area (Å²) in [5.74, 6) is 0.685. The molecular formula is C12H11Cl2NO5S2. The van der Waals surface area contributed by atoms with Crippen molar-refractivity contribution in [3.63, 3.8) is 0 Å². The number of carboxylic acid groups (broad SMARTS) is 1. The van der Waals surface area contributed by atoms with Crippen LogP contribution in [0.1, 0.15) is 5.56 Å². The molecule has 2 N–H and O–H groups in total. The maximum Gasteiger partial charge on any atom is 0.418 e. The summed E-state index contributed by atoms with van der Waals surface area (Å²) in [6, 6.07) is 3.29. The number of hydrogen-bond acceptors (Lipinski definition) is 5. The Balaban J connectivity index is 2.59. The molecule has 10 heteroatoms. The van der Waals surface area contributed by atoms with Crippen molar-refractivity contribution in [2.75, 3.05) is 12.5 Å². The maximum atomic E-state index is 12.0. The molecule has 22 heavy (non-hydrogen) atoms. The summed E-state index contributed by atoms with van der Waals surface area (Å²) in [7, 11) is -4.15. The summed E-state index contributed by atoms with van der Waals surface area (Å²) in [4.78, 5) is 10.6. The van der Waals surface area contributed by atoms with E-state index in [1.54, 1.807) is 19.1 Å². The number of fused-ring (bicyclic) bond motifs is 1. The fourth-order valence-corrected chi connectivity index (χ4v) is 5.03. The second-order valence-electron chi connectivity index (χ2n) is 4.21. The van der Waals surface area contributed by atoms with Gasteiger partial charge in [-0.15, -0.1) is 22.9 Å². The van der Waals surface area contributed by atoms with Gasteiger partial charge in [-0.05, 0) is 24.6 Å². The predicted octanol–water partition coefficient (Wildman–Crippen LogP) is 3.44. The zero-order valence-corrected chi connectivity index (χ0v) is 14.4. The van der Waals surface area contributed by atoms with E-state index in [1.165, 1.54) is 4.72 Å². The van der Waals surface area contributed by atoms with Crippen molar-refractivity contribution in [2.24, 2.45) is 0 Å². The van der Waals surface area contributed by atoms with E-state index >= 15 is 0 Å². The van der Waals surface area contributed by atoms with Gasteiger partial charge < -0.3 is 9.84 Å². The minimum atomic E-state index is -4.15. The lowest BCUT2D eigenvalue weighted by atomic mass is 10.2. The van der Waals surface area contributed by atoms with E-state index in [9.17, 15) is 13.2 Å². The van der Waals surface area contributed by atoms with Crippen molar-refractivity contribution >= 4 is 60.7 Å². The topological polar surface area (TPSA) is 92.7 Å². The molecule has 0 aliphatic carbocycles. The summed E-state index contributed by atoms with van der Waals surface area (Å²) in [5, 5.41) is 9.42. The van der Waals surface area contributed by atoms with Crippen LogP contribution in [-0.2, 0) is 10.0 Å². The minimum absolute atomic E-state index is 0.0960. The van der Waals surface area contributed by atoms with Crippen LogP contribution >= 0.6 is 34.5 Å². The van der Waals surface area contributed by atoms with Gasteiger partial charge in [-0.3, -0.25) is 0 Å². The highest BCUT2D eigenvalue weighted by Crippen LogP contribution is 2.42. The minimum Gasteiger partial charge on any atom is -0.491 e. The Kier molecular flexibility index (Phi) is 5.06. The lowest BCUT2D eigenvalue weighted by molar-refractivity contribution is 0.201. The molecule has 0 saturated carbocycles. The molecule has 0 fully saturated rings. The van der Waals surface area contributed by atoms with Gasteiger partial charge >= 0.3 is 6.09 Å². The van der Waals surface area contributed by atoms with Crippen molar-refractivity contribution in [3.8, 4) is 5.75 Å². The van der Waals surface area contributed by atoms with Gasteiger partial charge in [0.05, 0.1) is 10.9 Å². The van der Waals surface area contributed by atoms with Crippen LogP contribution in [0, 0.1) is 6.92 Å². The van der Waals surface area contributed by atoms with Gasteiger partial charge in [-0.1, -0.05) is 11.6 Å². The fraction of sp³-hybridized carbons (Fsp3) is 0.250. The summed E-state index contributed by atoms with van der Waals surface area (Å²) >= 11 is 12.8. The molecule has 2 rings (SSSR count). The van der Waals surface area contributed by atoms with Crippen molar-refractivity contribution in [1.82, 2.24) is 4.72 Å². The zero-order chi connectivity index (χ0) is 16.5. The highest BCUT2D eigenvalue weighted by molar-refractivity contribution is 7.92. The third-order valence-corrected chi connectivity index (χ3v) is 6.48. The second kappa shape index (κ2) is 6.49. The van der Waals surface area contributed by atoms with E-state index in [4.69, 9.17) is 33.0 Å². The number of sulfonamides is 1. The Morgan fingerprint density at radius 2 is 2.14 bits per heavy atom. The van der Waals surface area contributed by atoms with E-state index in [0.29, 0.717) is 27.3 Å². The van der Waals surface area contributed by atoms with Crippen LogP contribution in [0.15, 0.2) is 16.3 Å². The van der Waals surface area contributed by atoms with Crippen LogP contribution in [0.5, 0.6) is 5.75 Å². The van der Waals surface area contributed by atoms with Crippen molar-refractivity contribution in [3.05, 3.63) is 22.7 Å². The number of amides is 1. The molecule has 1 amide bonds. The van der Waals surface area contributed by atoms with E-state index in [-0.39, 0.29) is 15.8 Å². The molecule has 2 aromatic rings. The van der Waals surface area contributed by atoms with Crippen LogP contribution in [0.2, 0.25) is 5.02 Å². The molecule has 0 bridgehead atoms. The Hall–Kier alpha value is -1.22. The summed E-state index contributed by atoms with van der Waals surface area (Å²) in [5.41, 5.74) is 0.370. The molecular weight excluding hydrogens is 373 g/mol. The molecule has 0 atom stereocenters. The van der Waals surface area contributed by atoms with Gasteiger partial charge in [-0.2, -0.15) is 0 Å². The van der Waals surface area contributed by atoms with Crippen LogP contribution in [0.3, 0.4) is 0 Å². The molecule has 120 valence electrons. The van der Waals surface area contributed by atoms with Gasteiger partial charge in [0, 0.05) is 10.1 Å². The Morgan fingerprint density at radius 3 is 2.73 bits per heavy atom. The normalized spacial score (nSPS) is 11.6. The van der Waals surface area contributed by atoms with Gasteiger partial charge in [0.2, 0.25) is 0 Å². The number of rotatable bonds is 5. The standard InChI is InChI=1S/C12H11Cl2NO5S2/c1-6-9-8(3-2-7(10(9)14)20-5-4-13)21-11(6)22(18,19)15-12(16)17/h2-3,15H,4-5H2,1H3,(H,16,17). The maximum absolute atomic E-state index is 12.0. The first-order chi connectivity index (χ1) is 10.3. The lowest BCUT2D eigenvalue weighted by Gasteiger charge is -2.07. The average Bonchev–Trinajstić information content (AvgIpc) is 2.75. The highest BCUT2D eigenvalue weighted by Gasteiger charge is 2.25. The second-order valence-corrected chi connectivity index (χ2v) is 7.90. The first-order valence-electron chi connectivity index (χ1n) is 5.94. The smallest absolute Gasteiger partial charge is 0.418 e. The molecule has 6 nitrogen and oxygen atoms in total. The Bertz CT molecular complexity index is 832. The molecule has 1 aromatic carbocycles.